The van der Waals surface area contributed by atoms with Crippen molar-refractivity contribution in [3.63, 3.8) is 0 Å². The lowest BCUT2D eigenvalue weighted by Crippen LogP contribution is -2.51. The van der Waals surface area contributed by atoms with Crippen molar-refractivity contribution in [2.75, 3.05) is 5.32 Å². The minimum Gasteiger partial charge on any atom is -0.330 e. The van der Waals surface area contributed by atoms with Gasteiger partial charge in [0.25, 0.3) is 11.8 Å². The first-order valence-corrected chi connectivity index (χ1v) is 12.9. The lowest BCUT2D eigenvalue weighted by atomic mass is 9.86. The van der Waals surface area contributed by atoms with Crippen molar-refractivity contribution in [3.8, 4) is 0 Å². The highest BCUT2D eigenvalue weighted by atomic mass is 16.2. The summed E-state index contributed by atoms with van der Waals surface area (Å²) in [5.41, 5.74) is 10.6. The van der Waals surface area contributed by atoms with Crippen LogP contribution in [0.4, 0.5) is 5.69 Å². The van der Waals surface area contributed by atoms with Crippen molar-refractivity contribution < 1.29 is 9.59 Å². The van der Waals surface area contributed by atoms with Gasteiger partial charge in [-0.3, -0.25) is 9.59 Å². The van der Waals surface area contributed by atoms with Crippen LogP contribution >= 0.6 is 0 Å². The molecule has 5 heteroatoms. The van der Waals surface area contributed by atoms with Crippen LogP contribution in [0.1, 0.15) is 78.3 Å². The van der Waals surface area contributed by atoms with E-state index >= 15 is 0 Å². The van der Waals surface area contributed by atoms with E-state index in [4.69, 9.17) is 5.73 Å². The standard InChI is InChI=1S/C31H37N3O2/c1-31(2,3)25-19-17-22(18-20-25)29(35)33-27-15-9-7-13-24(27)21-34(28-16-10-8-14-26(28)32)30(36)23-11-5-4-6-12-23/h4-7,9,11-13,15,17-20,26,28H,8,10,14,16,21,32H2,1-3H3,(H,33,35). The quantitative estimate of drug-likeness (QED) is 0.442. The average Bonchev–Trinajstić information content (AvgIpc) is 2.88. The molecule has 1 fully saturated rings. The Morgan fingerprint density at radius 2 is 1.50 bits per heavy atom. The summed E-state index contributed by atoms with van der Waals surface area (Å²) in [6, 6.07) is 24.7. The third-order valence-electron chi connectivity index (χ3n) is 7.08. The fourth-order valence-electron chi connectivity index (χ4n) is 4.89. The van der Waals surface area contributed by atoms with Gasteiger partial charge in [-0.2, -0.15) is 0 Å². The van der Waals surface area contributed by atoms with Gasteiger partial charge in [-0.1, -0.05) is 82.1 Å². The molecule has 3 aromatic carbocycles. The van der Waals surface area contributed by atoms with Gasteiger partial charge in [-0.15, -0.1) is 0 Å². The van der Waals surface area contributed by atoms with E-state index in [1.165, 1.54) is 5.56 Å². The fourth-order valence-corrected chi connectivity index (χ4v) is 4.89. The van der Waals surface area contributed by atoms with Crippen LogP contribution in [0.2, 0.25) is 0 Å². The van der Waals surface area contributed by atoms with Crippen LogP contribution in [0.5, 0.6) is 0 Å². The summed E-state index contributed by atoms with van der Waals surface area (Å²) in [7, 11) is 0. The molecule has 3 N–H and O–H groups in total. The lowest BCUT2D eigenvalue weighted by molar-refractivity contribution is 0.0584. The number of nitrogens with one attached hydrogen (secondary N) is 1. The van der Waals surface area contributed by atoms with Gasteiger partial charge < -0.3 is 16.0 Å². The molecule has 2 unspecified atom stereocenters. The smallest absolute Gasteiger partial charge is 0.255 e. The summed E-state index contributed by atoms with van der Waals surface area (Å²) < 4.78 is 0. The molecule has 0 heterocycles. The van der Waals surface area contributed by atoms with E-state index in [2.05, 4.69) is 26.1 Å². The molecule has 0 spiro atoms. The molecule has 4 rings (SSSR count). The van der Waals surface area contributed by atoms with E-state index in [1.54, 1.807) is 0 Å². The number of benzene rings is 3. The third-order valence-corrected chi connectivity index (χ3v) is 7.08. The van der Waals surface area contributed by atoms with Crippen LogP contribution in [-0.2, 0) is 12.0 Å². The first-order valence-electron chi connectivity index (χ1n) is 12.9. The van der Waals surface area contributed by atoms with Gasteiger partial charge in [0, 0.05) is 35.4 Å². The Labute approximate surface area is 214 Å². The Kier molecular flexibility index (Phi) is 7.90. The van der Waals surface area contributed by atoms with Gasteiger partial charge in [0.15, 0.2) is 0 Å². The summed E-state index contributed by atoms with van der Waals surface area (Å²) >= 11 is 0. The van der Waals surface area contributed by atoms with Crippen LogP contribution in [0.15, 0.2) is 78.9 Å². The molecule has 1 aliphatic carbocycles. The second-order valence-corrected chi connectivity index (χ2v) is 10.8. The molecule has 5 nitrogen and oxygen atoms in total. The molecule has 1 saturated carbocycles. The third kappa shape index (κ3) is 6.03. The number of rotatable bonds is 6. The largest absolute Gasteiger partial charge is 0.330 e. The van der Waals surface area contributed by atoms with E-state index in [-0.39, 0.29) is 29.3 Å². The zero-order chi connectivity index (χ0) is 25.7. The Morgan fingerprint density at radius 1 is 0.861 bits per heavy atom. The number of nitrogens with zero attached hydrogens (tertiary/aromatic N) is 1. The zero-order valence-electron chi connectivity index (χ0n) is 21.5. The van der Waals surface area contributed by atoms with Crippen LogP contribution in [-0.4, -0.2) is 28.8 Å². The number of carbonyl (C=O) groups is 2. The number of hydrogen-bond acceptors (Lipinski definition) is 3. The number of para-hydroxylation sites is 1. The Balaban J connectivity index is 1.59. The number of carbonyl (C=O) groups excluding carboxylic acids is 2. The van der Waals surface area contributed by atoms with Crippen LogP contribution in [0.25, 0.3) is 0 Å². The van der Waals surface area contributed by atoms with Crippen molar-refractivity contribution in [2.45, 2.75) is 70.5 Å². The van der Waals surface area contributed by atoms with Crippen molar-refractivity contribution in [1.82, 2.24) is 4.90 Å². The topological polar surface area (TPSA) is 75.4 Å². The lowest BCUT2D eigenvalue weighted by Gasteiger charge is -2.39. The summed E-state index contributed by atoms with van der Waals surface area (Å²) in [5, 5.41) is 3.08. The molecule has 2 atom stereocenters. The summed E-state index contributed by atoms with van der Waals surface area (Å²) in [5.74, 6) is -0.199. The predicted molar refractivity (Wildman–Crippen MR) is 146 cm³/mol. The number of hydrogen-bond donors (Lipinski definition) is 2. The van der Waals surface area contributed by atoms with Crippen molar-refractivity contribution in [1.29, 1.82) is 0 Å². The number of nitrogens with two attached hydrogens (primary N) is 1. The normalized spacial score (nSPS) is 17.9. The second-order valence-electron chi connectivity index (χ2n) is 10.8. The van der Waals surface area contributed by atoms with Gasteiger partial charge >= 0.3 is 0 Å². The van der Waals surface area contributed by atoms with Crippen molar-refractivity contribution in [3.05, 3.63) is 101 Å². The van der Waals surface area contributed by atoms with Crippen LogP contribution < -0.4 is 11.1 Å². The van der Waals surface area contributed by atoms with E-state index in [0.29, 0.717) is 23.4 Å². The first-order chi connectivity index (χ1) is 17.2. The Hall–Kier alpha value is -3.44. The van der Waals surface area contributed by atoms with Crippen molar-refractivity contribution >= 4 is 17.5 Å². The highest BCUT2D eigenvalue weighted by Crippen LogP contribution is 2.28. The Bertz CT molecular complexity index is 1180. The molecule has 36 heavy (non-hydrogen) atoms. The molecule has 188 valence electrons. The SMILES string of the molecule is CC(C)(C)c1ccc(C(=O)Nc2ccccc2CN(C(=O)c2ccccc2)C2CCCCC2N)cc1. The van der Waals surface area contributed by atoms with Gasteiger partial charge in [0.2, 0.25) is 0 Å². The molecule has 0 bridgehead atoms. The minimum absolute atomic E-state index is 0.0241. The second kappa shape index (κ2) is 11.1. The summed E-state index contributed by atoms with van der Waals surface area (Å²) in [4.78, 5) is 28.7. The molecule has 1 aliphatic rings. The van der Waals surface area contributed by atoms with E-state index in [1.807, 2.05) is 83.8 Å². The molecule has 0 aromatic heterocycles. The van der Waals surface area contributed by atoms with Crippen LogP contribution in [0.3, 0.4) is 0 Å². The average molecular weight is 484 g/mol. The maximum Gasteiger partial charge on any atom is 0.255 e. The fraction of sp³-hybridized carbons (Fsp3) is 0.355. The monoisotopic (exact) mass is 483 g/mol. The first kappa shape index (κ1) is 25.6. The maximum absolute atomic E-state index is 13.6. The van der Waals surface area contributed by atoms with E-state index < -0.39 is 0 Å². The van der Waals surface area contributed by atoms with E-state index in [0.717, 1.165) is 31.2 Å². The Morgan fingerprint density at radius 3 is 2.17 bits per heavy atom. The predicted octanol–water partition coefficient (Wildman–Crippen LogP) is 6.15. The zero-order valence-corrected chi connectivity index (χ0v) is 21.5. The molecular formula is C31H37N3O2. The molecular weight excluding hydrogens is 446 g/mol. The molecule has 0 aliphatic heterocycles. The van der Waals surface area contributed by atoms with Gasteiger partial charge in [0.05, 0.1) is 0 Å². The summed E-state index contributed by atoms with van der Waals surface area (Å²) in [6.45, 7) is 6.84. The highest BCUT2D eigenvalue weighted by molar-refractivity contribution is 6.04. The van der Waals surface area contributed by atoms with Crippen LogP contribution in [0, 0.1) is 0 Å². The number of amides is 2. The molecule has 3 aromatic rings. The molecule has 0 radical (unpaired) electrons. The highest BCUT2D eigenvalue weighted by Gasteiger charge is 2.32. The van der Waals surface area contributed by atoms with Gasteiger partial charge in [-0.05, 0) is 59.7 Å². The van der Waals surface area contributed by atoms with Gasteiger partial charge in [-0.25, -0.2) is 0 Å². The van der Waals surface area contributed by atoms with Crippen molar-refractivity contribution in [2.24, 2.45) is 5.73 Å². The van der Waals surface area contributed by atoms with Gasteiger partial charge in [0.1, 0.15) is 0 Å². The molecule has 0 saturated heterocycles. The van der Waals surface area contributed by atoms with E-state index in [9.17, 15) is 9.59 Å². The number of anilines is 1. The molecule has 2 amide bonds. The maximum atomic E-state index is 13.6. The minimum atomic E-state index is -0.168. The summed E-state index contributed by atoms with van der Waals surface area (Å²) in [6.07, 6.45) is 3.94.